The van der Waals surface area contributed by atoms with E-state index in [0.717, 1.165) is 17.1 Å². The Kier molecular flexibility index (Phi) is 3.36. The average molecular weight is 269 g/mol. The van der Waals surface area contributed by atoms with Gasteiger partial charge >= 0.3 is 0 Å². The van der Waals surface area contributed by atoms with Gasteiger partial charge in [0, 0.05) is 11.6 Å². The zero-order chi connectivity index (χ0) is 14.1. The highest BCUT2D eigenvalue weighted by molar-refractivity contribution is 5.44. The minimum absolute atomic E-state index is 0.0150. The molecule has 1 aliphatic rings. The van der Waals surface area contributed by atoms with Crippen molar-refractivity contribution >= 4 is 0 Å². The van der Waals surface area contributed by atoms with E-state index < -0.39 is 0 Å². The van der Waals surface area contributed by atoms with E-state index in [1.165, 1.54) is 16.7 Å². The summed E-state index contributed by atoms with van der Waals surface area (Å²) in [6, 6.07) is 12.2. The normalized spacial score (nSPS) is 16.6. The molecule has 0 saturated carbocycles. The summed E-state index contributed by atoms with van der Waals surface area (Å²) < 4.78 is 11.4. The highest BCUT2D eigenvalue weighted by Crippen LogP contribution is 2.34. The predicted molar refractivity (Wildman–Crippen MR) is 79.1 cm³/mol. The lowest BCUT2D eigenvalue weighted by Crippen LogP contribution is -2.10. The highest BCUT2D eigenvalue weighted by Gasteiger charge is 2.20. The van der Waals surface area contributed by atoms with Crippen LogP contribution in [0.1, 0.15) is 28.3 Å². The van der Waals surface area contributed by atoms with Gasteiger partial charge in [-0.1, -0.05) is 18.2 Å². The second kappa shape index (κ2) is 5.17. The summed E-state index contributed by atoms with van der Waals surface area (Å²) in [5.74, 6) is 1.66. The summed E-state index contributed by atoms with van der Waals surface area (Å²) in [4.78, 5) is 0. The van der Waals surface area contributed by atoms with Gasteiger partial charge in [0.2, 0.25) is 0 Å². The molecule has 0 aliphatic carbocycles. The van der Waals surface area contributed by atoms with Gasteiger partial charge in [0.1, 0.15) is 24.7 Å². The lowest BCUT2D eigenvalue weighted by molar-refractivity contribution is 0.301. The van der Waals surface area contributed by atoms with Crippen LogP contribution in [0.3, 0.4) is 0 Å². The largest absolute Gasteiger partial charge is 0.491 e. The summed E-state index contributed by atoms with van der Waals surface area (Å²) in [7, 11) is 0. The Morgan fingerprint density at radius 2 is 2.00 bits per heavy atom. The molecule has 1 atom stereocenters. The second-order valence-corrected chi connectivity index (χ2v) is 5.32. The van der Waals surface area contributed by atoms with Gasteiger partial charge in [-0.05, 0) is 42.7 Å². The number of ether oxygens (including phenoxy) is 2. The number of nitrogens with two attached hydrogens (primary N) is 1. The van der Waals surface area contributed by atoms with Crippen molar-refractivity contribution in [3.63, 3.8) is 0 Å². The van der Waals surface area contributed by atoms with E-state index in [9.17, 15) is 0 Å². The Bertz CT molecular complexity index is 637. The summed E-state index contributed by atoms with van der Waals surface area (Å²) in [5, 5.41) is 0. The minimum Gasteiger partial charge on any atom is -0.491 e. The zero-order valence-corrected chi connectivity index (χ0v) is 11.8. The molecule has 20 heavy (non-hydrogen) atoms. The molecule has 0 amide bonds. The molecular formula is C17H19NO2. The summed E-state index contributed by atoms with van der Waals surface area (Å²) in [5.41, 5.74) is 10.7. The van der Waals surface area contributed by atoms with Crippen LogP contribution in [-0.2, 0) is 6.61 Å². The van der Waals surface area contributed by atoms with Crippen molar-refractivity contribution in [2.45, 2.75) is 26.5 Å². The third-order valence-electron chi connectivity index (χ3n) is 3.78. The first-order valence-corrected chi connectivity index (χ1v) is 6.85. The Morgan fingerprint density at radius 3 is 2.80 bits per heavy atom. The fourth-order valence-electron chi connectivity index (χ4n) is 2.37. The van der Waals surface area contributed by atoms with Gasteiger partial charge in [0.15, 0.2) is 0 Å². The number of aryl methyl sites for hydroxylation is 2. The first-order valence-electron chi connectivity index (χ1n) is 6.85. The number of hydrogen-bond donors (Lipinski definition) is 1. The molecule has 0 spiro atoms. The number of rotatable bonds is 3. The van der Waals surface area contributed by atoms with Crippen LogP contribution in [0.5, 0.6) is 11.5 Å². The molecular weight excluding hydrogens is 250 g/mol. The fourth-order valence-corrected chi connectivity index (χ4v) is 2.37. The highest BCUT2D eigenvalue weighted by atomic mass is 16.5. The van der Waals surface area contributed by atoms with Crippen LogP contribution in [0.15, 0.2) is 36.4 Å². The van der Waals surface area contributed by atoms with E-state index >= 15 is 0 Å². The van der Waals surface area contributed by atoms with Crippen molar-refractivity contribution in [3.8, 4) is 11.5 Å². The number of hydrogen-bond acceptors (Lipinski definition) is 3. The van der Waals surface area contributed by atoms with Crippen molar-refractivity contribution < 1.29 is 9.47 Å². The fraction of sp³-hybridized carbons (Fsp3) is 0.294. The van der Waals surface area contributed by atoms with E-state index in [0.29, 0.717) is 13.2 Å². The summed E-state index contributed by atoms with van der Waals surface area (Å²) in [6.07, 6.45) is 0. The number of fused-ring (bicyclic) bond motifs is 1. The van der Waals surface area contributed by atoms with Crippen LogP contribution in [0, 0.1) is 13.8 Å². The van der Waals surface area contributed by atoms with Gasteiger partial charge in [-0.2, -0.15) is 0 Å². The predicted octanol–water partition coefficient (Wildman–Crippen LogP) is 3.27. The SMILES string of the molecule is Cc1ccc(COc2ccc3c(c2)OCC3N)cc1C. The molecule has 2 N–H and O–H groups in total. The van der Waals surface area contributed by atoms with Gasteiger partial charge in [-0.3, -0.25) is 0 Å². The van der Waals surface area contributed by atoms with Crippen molar-refractivity contribution in [2.24, 2.45) is 5.73 Å². The van der Waals surface area contributed by atoms with E-state index in [-0.39, 0.29) is 6.04 Å². The molecule has 0 bridgehead atoms. The van der Waals surface area contributed by atoms with Crippen LogP contribution in [0.4, 0.5) is 0 Å². The zero-order valence-electron chi connectivity index (χ0n) is 11.8. The molecule has 0 radical (unpaired) electrons. The number of benzene rings is 2. The van der Waals surface area contributed by atoms with E-state index in [1.54, 1.807) is 0 Å². The molecule has 2 aromatic carbocycles. The lowest BCUT2D eigenvalue weighted by atomic mass is 10.1. The molecule has 2 aromatic rings. The van der Waals surface area contributed by atoms with Crippen LogP contribution >= 0.6 is 0 Å². The summed E-state index contributed by atoms with van der Waals surface area (Å²) >= 11 is 0. The molecule has 3 heteroatoms. The van der Waals surface area contributed by atoms with Crippen molar-refractivity contribution in [1.29, 1.82) is 0 Å². The van der Waals surface area contributed by atoms with Crippen molar-refractivity contribution in [3.05, 3.63) is 58.7 Å². The topological polar surface area (TPSA) is 44.5 Å². The summed E-state index contributed by atoms with van der Waals surface area (Å²) in [6.45, 7) is 5.34. The van der Waals surface area contributed by atoms with Crippen LogP contribution < -0.4 is 15.2 Å². The van der Waals surface area contributed by atoms with Gasteiger partial charge < -0.3 is 15.2 Å². The maximum absolute atomic E-state index is 5.93. The monoisotopic (exact) mass is 269 g/mol. The first kappa shape index (κ1) is 13.0. The molecule has 1 aliphatic heterocycles. The average Bonchev–Trinajstić information content (AvgIpc) is 2.81. The maximum Gasteiger partial charge on any atom is 0.127 e. The van der Waals surface area contributed by atoms with E-state index in [2.05, 4.69) is 32.0 Å². The van der Waals surface area contributed by atoms with Crippen LogP contribution in [0.2, 0.25) is 0 Å². The Hall–Kier alpha value is -2.00. The Morgan fingerprint density at radius 1 is 1.15 bits per heavy atom. The van der Waals surface area contributed by atoms with Gasteiger partial charge in [0.05, 0.1) is 6.04 Å². The smallest absolute Gasteiger partial charge is 0.127 e. The third kappa shape index (κ3) is 2.49. The van der Waals surface area contributed by atoms with E-state index in [4.69, 9.17) is 15.2 Å². The van der Waals surface area contributed by atoms with Gasteiger partial charge in [0.25, 0.3) is 0 Å². The van der Waals surface area contributed by atoms with E-state index in [1.807, 2.05) is 18.2 Å². The molecule has 3 nitrogen and oxygen atoms in total. The Balaban J connectivity index is 1.71. The molecule has 0 aromatic heterocycles. The van der Waals surface area contributed by atoms with Gasteiger partial charge in [-0.25, -0.2) is 0 Å². The minimum atomic E-state index is -0.0150. The first-order chi connectivity index (χ1) is 9.63. The standard InChI is InChI=1S/C17H19NO2/c1-11-3-4-13(7-12(11)2)9-19-14-5-6-15-16(18)10-20-17(15)8-14/h3-8,16H,9-10,18H2,1-2H3. The second-order valence-electron chi connectivity index (χ2n) is 5.32. The molecule has 3 rings (SSSR count). The lowest BCUT2D eigenvalue weighted by Gasteiger charge is -2.09. The quantitative estimate of drug-likeness (QED) is 0.930. The third-order valence-corrected chi connectivity index (χ3v) is 3.78. The van der Waals surface area contributed by atoms with Crippen LogP contribution in [-0.4, -0.2) is 6.61 Å². The maximum atomic E-state index is 5.93. The van der Waals surface area contributed by atoms with Crippen molar-refractivity contribution in [2.75, 3.05) is 6.61 Å². The Labute approximate surface area is 119 Å². The molecule has 0 fully saturated rings. The molecule has 104 valence electrons. The van der Waals surface area contributed by atoms with Crippen molar-refractivity contribution in [1.82, 2.24) is 0 Å². The van der Waals surface area contributed by atoms with Crippen LogP contribution in [0.25, 0.3) is 0 Å². The van der Waals surface area contributed by atoms with Gasteiger partial charge in [-0.15, -0.1) is 0 Å². The molecule has 1 heterocycles. The molecule has 1 unspecified atom stereocenters. The molecule has 0 saturated heterocycles.